The largest absolute Gasteiger partial charge is 0.487 e. The van der Waals surface area contributed by atoms with Crippen molar-refractivity contribution in [2.24, 2.45) is 0 Å². The molecule has 0 spiro atoms. The molecular formula is C22H26N2O5S2. The van der Waals surface area contributed by atoms with Crippen molar-refractivity contribution in [3.63, 3.8) is 0 Å². The van der Waals surface area contributed by atoms with E-state index in [1.54, 1.807) is 38.1 Å². The molecule has 0 amide bonds. The van der Waals surface area contributed by atoms with Gasteiger partial charge in [-0.25, -0.2) is 13.2 Å². The van der Waals surface area contributed by atoms with Crippen LogP contribution in [0, 0.1) is 20.8 Å². The standard InChI is InChI=1S/C22H26N2O5S2/c1-12-13(2)19(14(3)16-11-22(4,5)29-18(12)16)31(26,27)24-21(30)23-17-10-8-7-9-15(17)20(25)28-6/h7-10H,11H2,1-6H3,(H2,23,24,30). The lowest BCUT2D eigenvalue weighted by Crippen LogP contribution is -2.35. The van der Waals surface area contributed by atoms with Crippen LogP contribution in [-0.2, 0) is 21.2 Å². The highest BCUT2D eigenvalue weighted by Gasteiger charge is 2.36. The number of carbonyl (C=O) groups is 1. The van der Waals surface area contributed by atoms with E-state index in [4.69, 9.17) is 21.7 Å². The summed E-state index contributed by atoms with van der Waals surface area (Å²) in [6, 6.07) is 6.55. The minimum Gasteiger partial charge on any atom is -0.487 e. The molecule has 0 saturated carbocycles. The van der Waals surface area contributed by atoms with Gasteiger partial charge in [0.2, 0.25) is 0 Å². The van der Waals surface area contributed by atoms with Crippen LogP contribution in [0.5, 0.6) is 5.75 Å². The maximum atomic E-state index is 13.3. The predicted octanol–water partition coefficient (Wildman–Crippen LogP) is 3.79. The van der Waals surface area contributed by atoms with E-state index in [0.29, 0.717) is 23.2 Å². The van der Waals surface area contributed by atoms with Crippen molar-refractivity contribution < 1.29 is 22.7 Å². The van der Waals surface area contributed by atoms with Crippen molar-refractivity contribution in [1.29, 1.82) is 0 Å². The summed E-state index contributed by atoms with van der Waals surface area (Å²) in [5.74, 6) is 0.198. The van der Waals surface area contributed by atoms with E-state index < -0.39 is 21.6 Å². The molecule has 166 valence electrons. The van der Waals surface area contributed by atoms with Crippen molar-refractivity contribution in [3.8, 4) is 5.75 Å². The van der Waals surface area contributed by atoms with E-state index in [0.717, 1.165) is 16.9 Å². The van der Waals surface area contributed by atoms with Gasteiger partial charge in [-0.2, -0.15) is 0 Å². The highest BCUT2D eigenvalue weighted by Crippen LogP contribution is 2.43. The van der Waals surface area contributed by atoms with Crippen LogP contribution in [0.25, 0.3) is 0 Å². The summed E-state index contributed by atoms with van der Waals surface area (Å²) in [4.78, 5) is 12.1. The van der Waals surface area contributed by atoms with Gasteiger partial charge in [-0.3, -0.25) is 4.72 Å². The molecule has 0 fully saturated rings. The van der Waals surface area contributed by atoms with Crippen LogP contribution < -0.4 is 14.8 Å². The number of para-hydroxylation sites is 1. The number of ether oxygens (including phenoxy) is 2. The Hall–Kier alpha value is -2.65. The lowest BCUT2D eigenvalue weighted by atomic mass is 9.94. The molecule has 0 unspecified atom stereocenters. The molecule has 2 aromatic rings. The summed E-state index contributed by atoms with van der Waals surface area (Å²) in [6.45, 7) is 9.36. The van der Waals surface area contributed by atoms with E-state index in [1.165, 1.54) is 7.11 Å². The quantitative estimate of drug-likeness (QED) is 0.527. The Labute approximate surface area is 188 Å². The Bertz CT molecular complexity index is 1190. The molecule has 0 aliphatic carbocycles. The summed E-state index contributed by atoms with van der Waals surface area (Å²) in [5, 5.41) is 2.64. The SMILES string of the molecule is COC(=O)c1ccccc1NC(=S)NS(=O)(=O)c1c(C)c(C)c2c(c1C)CC(C)(C)O2. The second kappa shape index (κ2) is 8.12. The Morgan fingerprint density at radius 1 is 1.13 bits per heavy atom. The van der Waals surface area contributed by atoms with Gasteiger partial charge in [0.1, 0.15) is 11.4 Å². The number of rotatable bonds is 4. The van der Waals surface area contributed by atoms with Gasteiger partial charge in [-0.05, 0) is 75.7 Å². The minimum atomic E-state index is -3.99. The lowest BCUT2D eigenvalue weighted by Gasteiger charge is -2.20. The highest BCUT2D eigenvalue weighted by atomic mass is 32.2. The van der Waals surface area contributed by atoms with Crippen molar-refractivity contribution in [2.45, 2.75) is 51.5 Å². The summed E-state index contributed by atoms with van der Waals surface area (Å²) in [6.07, 6.45) is 0.618. The number of nitrogens with one attached hydrogen (secondary N) is 2. The van der Waals surface area contributed by atoms with Crippen LogP contribution in [0.15, 0.2) is 29.2 Å². The second-order valence-corrected chi connectivity index (χ2v) is 10.2. The molecule has 7 nitrogen and oxygen atoms in total. The minimum absolute atomic E-state index is 0.148. The number of hydrogen-bond donors (Lipinski definition) is 2. The van der Waals surface area contributed by atoms with Gasteiger partial charge in [-0.1, -0.05) is 12.1 Å². The van der Waals surface area contributed by atoms with Crippen LogP contribution in [0.3, 0.4) is 0 Å². The fourth-order valence-corrected chi connectivity index (χ4v) is 5.77. The Morgan fingerprint density at radius 2 is 1.77 bits per heavy atom. The molecule has 0 bridgehead atoms. The number of anilines is 1. The van der Waals surface area contributed by atoms with Crippen molar-refractivity contribution >= 4 is 39.0 Å². The maximum Gasteiger partial charge on any atom is 0.339 e. The number of benzene rings is 2. The monoisotopic (exact) mass is 462 g/mol. The van der Waals surface area contributed by atoms with Gasteiger partial charge < -0.3 is 14.8 Å². The average molecular weight is 463 g/mol. The zero-order valence-corrected chi connectivity index (χ0v) is 20.0. The maximum absolute atomic E-state index is 13.3. The topological polar surface area (TPSA) is 93.7 Å². The van der Waals surface area contributed by atoms with E-state index in [1.807, 2.05) is 20.8 Å². The zero-order valence-electron chi connectivity index (χ0n) is 18.4. The number of sulfonamides is 1. The van der Waals surface area contributed by atoms with E-state index in [2.05, 4.69) is 10.0 Å². The summed E-state index contributed by atoms with van der Waals surface area (Å²) in [7, 11) is -2.72. The molecular weight excluding hydrogens is 436 g/mol. The van der Waals surface area contributed by atoms with Crippen LogP contribution in [0.1, 0.15) is 46.5 Å². The fourth-order valence-electron chi connectivity index (χ4n) is 3.85. The van der Waals surface area contributed by atoms with Gasteiger partial charge in [0.25, 0.3) is 10.0 Å². The van der Waals surface area contributed by atoms with Crippen LogP contribution in [-0.4, -0.2) is 32.2 Å². The van der Waals surface area contributed by atoms with E-state index in [-0.39, 0.29) is 15.6 Å². The molecule has 0 radical (unpaired) electrons. The third kappa shape index (κ3) is 4.38. The smallest absolute Gasteiger partial charge is 0.339 e. The molecule has 1 aliphatic heterocycles. The second-order valence-electron chi connectivity index (χ2n) is 8.15. The summed E-state index contributed by atoms with van der Waals surface area (Å²) in [5.41, 5.74) is 3.13. The van der Waals surface area contributed by atoms with Gasteiger partial charge in [0.05, 0.1) is 23.3 Å². The summed E-state index contributed by atoms with van der Waals surface area (Å²) < 4.78 is 39.8. The lowest BCUT2D eigenvalue weighted by molar-refractivity contribution is 0.0602. The highest BCUT2D eigenvalue weighted by molar-refractivity contribution is 7.92. The van der Waals surface area contributed by atoms with Crippen LogP contribution >= 0.6 is 12.2 Å². The molecule has 0 aromatic heterocycles. The number of methoxy groups -OCH3 is 1. The number of thiocarbonyl (C=S) groups is 1. The Morgan fingerprint density at radius 3 is 2.42 bits per heavy atom. The zero-order chi connectivity index (χ0) is 23.1. The third-order valence-electron chi connectivity index (χ3n) is 5.37. The normalized spacial score (nSPS) is 14.4. The number of hydrogen-bond acceptors (Lipinski definition) is 6. The van der Waals surface area contributed by atoms with Gasteiger partial charge in [-0.15, -0.1) is 0 Å². The van der Waals surface area contributed by atoms with E-state index in [9.17, 15) is 13.2 Å². The fraction of sp³-hybridized carbons (Fsp3) is 0.364. The summed E-state index contributed by atoms with van der Waals surface area (Å²) >= 11 is 5.24. The first-order valence-electron chi connectivity index (χ1n) is 9.70. The Kier molecular flexibility index (Phi) is 6.03. The molecule has 31 heavy (non-hydrogen) atoms. The van der Waals surface area contributed by atoms with Gasteiger partial charge in [0, 0.05) is 12.0 Å². The first-order chi connectivity index (χ1) is 14.4. The predicted molar refractivity (Wildman–Crippen MR) is 123 cm³/mol. The first kappa shape index (κ1) is 23.0. The average Bonchev–Trinajstić information content (AvgIpc) is 3.01. The third-order valence-corrected chi connectivity index (χ3v) is 7.32. The Balaban J connectivity index is 1.94. The molecule has 3 rings (SSSR count). The number of carbonyl (C=O) groups excluding carboxylic acids is 1. The molecule has 0 atom stereocenters. The van der Waals surface area contributed by atoms with E-state index >= 15 is 0 Å². The molecule has 9 heteroatoms. The van der Waals surface area contributed by atoms with Crippen molar-refractivity contribution in [3.05, 3.63) is 52.1 Å². The molecule has 0 saturated heterocycles. The van der Waals surface area contributed by atoms with Gasteiger partial charge in [0.15, 0.2) is 5.11 Å². The van der Waals surface area contributed by atoms with Crippen LogP contribution in [0.4, 0.5) is 5.69 Å². The first-order valence-corrected chi connectivity index (χ1v) is 11.6. The van der Waals surface area contributed by atoms with Crippen LogP contribution in [0.2, 0.25) is 0 Å². The molecule has 2 N–H and O–H groups in total. The van der Waals surface area contributed by atoms with Crippen molar-refractivity contribution in [2.75, 3.05) is 12.4 Å². The van der Waals surface area contributed by atoms with Crippen molar-refractivity contribution in [1.82, 2.24) is 4.72 Å². The van der Waals surface area contributed by atoms with Gasteiger partial charge >= 0.3 is 5.97 Å². The molecule has 1 heterocycles. The molecule has 1 aliphatic rings. The number of fused-ring (bicyclic) bond motifs is 1. The number of esters is 1. The molecule has 2 aromatic carbocycles.